The summed E-state index contributed by atoms with van der Waals surface area (Å²) < 4.78 is 8.91. The lowest BCUT2D eigenvalue weighted by Crippen LogP contribution is -2.15. The summed E-state index contributed by atoms with van der Waals surface area (Å²) in [5.74, 6) is 0.501. The van der Waals surface area contributed by atoms with Crippen molar-refractivity contribution >= 4 is 46.5 Å². The molecule has 0 aliphatic rings. The molecule has 4 rings (SSSR count). The molecular formula is C22H18Cl3N5O2. The van der Waals surface area contributed by atoms with Crippen molar-refractivity contribution in [1.82, 2.24) is 19.6 Å². The number of carbonyl (C=O) groups is 1. The fourth-order valence-electron chi connectivity index (χ4n) is 2.96. The molecule has 4 aromatic rings. The second-order valence-electron chi connectivity index (χ2n) is 6.98. The molecule has 2 aromatic carbocycles. The first kappa shape index (κ1) is 22.2. The van der Waals surface area contributed by atoms with Gasteiger partial charge < -0.3 is 10.1 Å². The fourth-order valence-corrected chi connectivity index (χ4v) is 3.43. The van der Waals surface area contributed by atoms with Crippen LogP contribution < -0.4 is 10.1 Å². The number of nitrogens with one attached hydrogen (secondary N) is 1. The van der Waals surface area contributed by atoms with Crippen LogP contribution in [0.15, 0.2) is 60.8 Å². The quantitative estimate of drug-likeness (QED) is 0.361. The maximum atomic E-state index is 12.6. The average molecular weight is 491 g/mol. The number of carbonyl (C=O) groups excluding carboxylic acids is 1. The lowest BCUT2D eigenvalue weighted by molar-refractivity contribution is 0.101. The van der Waals surface area contributed by atoms with E-state index < -0.39 is 0 Å². The SMILES string of the molecule is Cc1cc(NC(=O)c2ccn(COc3cccc(Cl)c3Cl)n2)nn1Cc1ccc(Cl)cc1. The van der Waals surface area contributed by atoms with E-state index in [2.05, 4.69) is 15.5 Å². The van der Waals surface area contributed by atoms with Crippen molar-refractivity contribution in [2.45, 2.75) is 20.2 Å². The van der Waals surface area contributed by atoms with E-state index in [0.29, 0.717) is 33.2 Å². The molecule has 0 bridgehead atoms. The van der Waals surface area contributed by atoms with Gasteiger partial charge in [0.15, 0.2) is 18.2 Å². The molecule has 0 saturated carbocycles. The number of halogens is 3. The number of amides is 1. The molecule has 32 heavy (non-hydrogen) atoms. The van der Waals surface area contributed by atoms with Crippen molar-refractivity contribution in [2.75, 3.05) is 5.32 Å². The molecule has 10 heteroatoms. The zero-order valence-electron chi connectivity index (χ0n) is 16.9. The van der Waals surface area contributed by atoms with E-state index in [-0.39, 0.29) is 18.3 Å². The van der Waals surface area contributed by atoms with Gasteiger partial charge in [0.1, 0.15) is 10.8 Å². The fraction of sp³-hybridized carbons (Fsp3) is 0.136. The third kappa shape index (κ3) is 5.24. The van der Waals surface area contributed by atoms with Crippen LogP contribution in [-0.4, -0.2) is 25.5 Å². The zero-order valence-corrected chi connectivity index (χ0v) is 19.2. The van der Waals surface area contributed by atoms with Gasteiger partial charge in [0.05, 0.1) is 11.6 Å². The van der Waals surface area contributed by atoms with Crippen LogP contribution in [0.4, 0.5) is 5.82 Å². The molecule has 0 fully saturated rings. The van der Waals surface area contributed by atoms with Gasteiger partial charge in [0.25, 0.3) is 5.91 Å². The van der Waals surface area contributed by atoms with Gasteiger partial charge in [-0.05, 0) is 42.8 Å². The van der Waals surface area contributed by atoms with Gasteiger partial charge in [-0.1, -0.05) is 53.0 Å². The Kier molecular flexibility index (Phi) is 6.69. The first-order valence-corrected chi connectivity index (χ1v) is 10.7. The van der Waals surface area contributed by atoms with Crippen LogP contribution in [0.1, 0.15) is 21.7 Å². The van der Waals surface area contributed by atoms with Crippen molar-refractivity contribution in [3.8, 4) is 5.75 Å². The van der Waals surface area contributed by atoms with E-state index in [4.69, 9.17) is 39.5 Å². The Morgan fingerprint density at radius 3 is 2.62 bits per heavy atom. The molecule has 164 valence electrons. The predicted molar refractivity (Wildman–Crippen MR) is 125 cm³/mol. The molecule has 2 aromatic heterocycles. The average Bonchev–Trinajstić information content (AvgIpc) is 3.37. The summed E-state index contributed by atoms with van der Waals surface area (Å²) in [5, 5.41) is 12.9. The molecule has 2 heterocycles. The third-order valence-corrected chi connectivity index (χ3v) is 5.66. The molecular weight excluding hydrogens is 473 g/mol. The van der Waals surface area contributed by atoms with Gasteiger partial charge in [-0.15, -0.1) is 0 Å². The molecule has 0 atom stereocenters. The van der Waals surface area contributed by atoms with Gasteiger partial charge in [-0.3, -0.25) is 9.48 Å². The number of hydrogen-bond donors (Lipinski definition) is 1. The van der Waals surface area contributed by atoms with Crippen LogP contribution in [0.25, 0.3) is 0 Å². The van der Waals surface area contributed by atoms with Gasteiger partial charge in [0.2, 0.25) is 0 Å². The van der Waals surface area contributed by atoms with Gasteiger partial charge in [-0.2, -0.15) is 10.2 Å². The second kappa shape index (κ2) is 9.65. The summed E-state index contributed by atoms with van der Waals surface area (Å²) in [6, 6.07) is 16.0. The molecule has 1 amide bonds. The second-order valence-corrected chi connectivity index (χ2v) is 8.20. The molecule has 0 radical (unpaired) electrons. The number of aryl methyl sites for hydroxylation is 1. The molecule has 0 aliphatic heterocycles. The van der Waals surface area contributed by atoms with E-state index in [1.54, 1.807) is 41.2 Å². The van der Waals surface area contributed by atoms with Crippen LogP contribution in [0.5, 0.6) is 5.75 Å². The van der Waals surface area contributed by atoms with Gasteiger partial charge >= 0.3 is 0 Å². The van der Waals surface area contributed by atoms with Crippen molar-refractivity contribution in [3.63, 3.8) is 0 Å². The normalized spacial score (nSPS) is 10.9. The van der Waals surface area contributed by atoms with Crippen molar-refractivity contribution in [3.05, 3.63) is 92.8 Å². The minimum absolute atomic E-state index is 0.0716. The van der Waals surface area contributed by atoms with Crippen molar-refractivity contribution in [2.24, 2.45) is 0 Å². The Bertz CT molecular complexity index is 1250. The Morgan fingerprint density at radius 2 is 1.84 bits per heavy atom. The maximum absolute atomic E-state index is 12.6. The maximum Gasteiger partial charge on any atom is 0.277 e. The lowest BCUT2D eigenvalue weighted by atomic mass is 10.2. The topological polar surface area (TPSA) is 74.0 Å². The van der Waals surface area contributed by atoms with Crippen molar-refractivity contribution < 1.29 is 9.53 Å². The Hall–Kier alpha value is -3.00. The summed E-state index contributed by atoms with van der Waals surface area (Å²) >= 11 is 18.0. The number of ether oxygens (including phenoxy) is 1. The van der Waals surface area contributed by atoms with Crippen LogP contribution in [0.2, 0.25) is 15.1 Å². The summed E-state index contributed by atoms with van der Waals surface area (Å²) in [4.78, 5) is 12.6. The van der Waals surface area contributed by atoms with Gasteiger partial charge in [0, 0.05) is 23.0 Å². The number of nitrogens with zero attached hydrogens (tertiary/aromatic N) is 4. The van der Waals surface area contributed by atoms with Crippen molar-refractivity contribution in [1.29, 1.82) is 0 Å². The smallest absolute Gasteiger partial charge is 0.277 e. The van der Waals surface area contributed by atoms with Gasteiger partial charge in [-0.25, -0.2) is 4.68 Å². The first-order chi connectivity index (χ1) is 15.4. The Balaban J connectivity index is 1.38. The molecule has 0 unspecified atom stereocenters. The van der Waals surface area contributed by atoms with E-state index >= 15 is 0 Å². The van der Waals surface area contributed by atoms with Crippen LogP contribution >= 0.6 is 34.8 Å². The van der Waals surface area contributed by atoms with E-state index in [1.165, 1.54) is 4.68 Å². The third-order valence-electron chi connectivity index (χ3n) is 4.61. The number of aromatic nitrogens is 4. The highest BCUT2D eigenvalue weighted by molar-refractivity contribution is 6.42. The number of benzene rings is 2. The Morgan fingerprint density at radius 1 is 1.06 bits per heavy atom. The minimum atomic E-state index is -0.374. The summed E-state index contributed by atoms with van der Waals surface area (Å²) in [7, 11) is 0. The largest absolute Gasteiger partial charge is 0.470 e. The number of hydrogen-bond acceptors (Lipinski definition) is 4. The summed E-state index contributed by atoms with van der Waals surface area (Å²) in [6.45, 7) is 2.56. The molecule has 7 nitrogen and oxygen atoms in total. The molecule has 0 spiro atoms. The standard InChI is InChI=1S/C22H18Cl3N5O2/c1-14-11-20(28-30(14)12-15-5-7-16(23)8-6-15)26-22(31)18-9-10-29(27-18)13-32-19-4-2-3-17(24)21(19)25/h2-11H,12-13H2,1H3,(H,26,28,31). The first-order valence-electron chi connectivity index (χ1n) is 9.59. The highest BCUT2D eigenvalue weighted by Gasteiger charge is 2.14. The van der Waals surface area contributed by atoms with Crippen LogP contribution in [-0.2, 0) is 13.3 Å². The molecule has 0 aliphatic carbocycles. The van der Waals surface area contributed by atoms with Crippen LogP contribution in [0, 0.1) is 6.92 Å². The summed E-state index contributed by atoms with van der Waals surface area (Å²) in [5.41, 5.74) is 2.19. The van der Waals surface area contributed by atoms with E-state index in [0.717, 1.165) is 11.3 Å². The molecule has 0 saturated heterocycles. The zero-order chi connectivity index (χ0) is 22.7. The predicted octanol–water partition coefficient (Wildman–Crippen LogP) is 5.69. The molecule has 1 N–H and O–H groups in total. The highest BCUT2D eigenvalue weighted by Crippen LogP contribution is 2.31. The van der Waals surface area contributed by atoms with E-state index in [1.807, 2.05) is 31.2 Å². The van der Waals surface area contributed by atoms with E-state index in [9.17, 15) is 4.79 Å². The lowest BCUT2D eigenvalue weighted by Gasteiger charge is -2.08. The minimum Gasteiger partial charge on any atom is -0.470 e. The highest BCUT2D eigenvalue weighted by atomic mass is 35.5. The number of anilines is 1. The number of rotatable bonds is 7. The Labute approximate surface area is 199 Å². The monoisotopic (exact) mass is 489 g/mol. The summed E-state index contributed by atoms with van der Waals surface area (Å²) in [6.07, 6.45) is 1.64. The van der Waals surface area contributed by atoms with Crippen LogP contribution in [0.3, 0.4) is 0 Å².